The Labute approximate surface area is 114 Å². The summed E-state index contributed by atoms with van der Waals surface area (Å²) in [5, 5.41) is 5.81. The highest BCUT2D eigenvalue weighted by Gasteiger charge is 2.11. The molecule has 0 aromatic carbocycles. The third-order valence-electron chi connectivity index (χ3n) is 2.72. The second-order valence-corrected chi connectivity index (χ2v) is 4.32. The molecule has 0 aliphatic rings. The van der Waals surface area contributed by atoms with Crippen molar-refractivity contribution < 1.29 is 4.79 Å². The molecule has 0 atom stereocenters. The molecule has 1 aromatic heterocycles. The van der Waals surface area contributed by atoms with Gasteiger partial charge in [0.1, 0.15) is 11.6 Å². The van der Waals surface area contributed by atoms with Gasteiger partial charge in [0.15, 0.2) is 0 Å². The Morgan fingerprint density at radius 1 is 1.37 bits per heavy atom. The van der Waals surface area contributed by atoms with E-state index in [-0.39, 0.29) is 5.91 Å². The summed E-state index contributed by atoms with van der Waals surface area (Å²) in [6, 6.07) is 1.92. The smallest absolute Gasteiger partial charge is 0.233 e. The average Bonchev–Trinajstić information content (AvgIpc) is 2.37. The molecule has 0 unspecified atom stereocenters. The summed E-state index contributed by atoms with van der Waals surface area (Å²) >= 11 is 0. The molecule has 1 rings (SSSR count). The molecule has 0 bridgehead atoms. The zero-order chi connectivity index (χ0) is 14.3. The van der Waals surface area contributed by atoms with Crippen molar-refractivity contribution in [3.63, 3.8) is 0 Å². The van der Waals surface area contributed by atoms with E-state index in [4.69, 9.17) is 0 Å². The summed E-state index contributed by atoms with van der Waals surface area (Å²) in [4.78, 5) is 22.3. The lowest BCUT2D eigenvalue weighted by Gasteiger charge is -2.18. The van der Waals surface area contributed by atoms with Gasteiger partial charge in [-0.25, -0.2) is 9.97 Å². The molecule has 1 amide bonds. The molecule has 1 heterocycles. The van der Waals surface area contributed by atoms with Crippen LogP contribution in [-0.2, 0) is 11.3 Å². The van der Waals surface area contributed by atoms with E-state index in [1.54, 1.807) is 7.05 Å². The highest BCUT2D eigenvalue weighted by atomic mass is 16.1. The van der Waals surface area contributed by atoms with Crippen molar-refractivity contribution in [1.29, 1.82) is 0 Å². The minimum absolute atomic E-state index is 0.00131. The first kappa shape index (κ1) is 15.4. The lowest BCUT2D eigenvalue weighted by Crippen LogP contribution is -2.35. The number of carbonyl (C=O) groups excluding carboxylic acids is 1. The Morgan fingerprint density at radius 3 is 2.68 bits per heavy atom. The second-order valence-electron chi connectivity index (χ2n) is 4.32. The predicted octanol–water partition coefficient (Wildman–Crippen LogP) is 0.785. The number of rotatable bonds is 7. The largest absolute Gasteiger partial charge is 0.370 e. The molecule has 106 valence electrons. The number of aromatic nitrogens is 2. The maximum Gasteiger partial charge on any atom is 0.233 e. The van der Waals surface area contributed by atoms with Crippen LogP contribution in [0.25, 0.3) is 0 Å². The van der Waals surface area contributed by atoms with E-state index in [1.165, 1.54) is 0 Å². The zero-order valence-corrected chi connectivity index (χ0v) is 12.2. The van der Waals surface area contributed by atoms with Gasteiger partial charge in [-0.3, -0.25) is 9.69 Å². The van der Waals surface area contributed by atoms with E-state index >= 15 is 0 Å². The van der Waals surface area contributed by atoms with Crippen LogP contribution in [0.3, 0.4) is 0 Å². The van der Waals surface area contributed by atoms with Gasteiger partial charge in [0.05, 0.1) is 13.1 Å². The number of carbonyl (C=O) groups is 1. The molecule has 0 spiro atoms. The molecule has 2 N–H and O–H groups in total. The summed E-state index contributed by atoms with van der Waals surface area (Å²) in [6.45, 7) is 8.53. The molecule has 0 saturated carbocycles. The lowest BCUT2D eigenvalue weighted by molar-refractivity contribution is -0.121. The molecule has 6 heteroatoms. The first-order valence-corrected chi connectivity index (χ1v) is 6.60. The van der Waals surface area contributed by atoms with E-state index in [1.807, 2.05) is 31.7 Å². The number of aryl methyl sites for hydroxylation is 1. The molecular weight excluding hydrogens is 242 g/mol. The fourth-order valence-electron chi connectivity index (χ4n) is 1.73. The van der Waals surface area contributed by atoms with Gasteiger partial charge in [0.25, 0.3) is 0 Å². The first-order valence-electron chi connectivity index (χ1n) is 6.60. The van der Waals surface area contributed by atoms with E-state index < -0.39 is 0 Å². The second kappa shape index (κ2) is 7.68. The quantitative estimate of drug-likeness (QED) is 0.762. The SMILES string of the molecule is CCNc1cc(C)nc(CN(CC)CC(=O)NC)n1. The summed E-state index contributed by atoms with van der Waals surface area (Å²) in [5.74, 6) is 1.57. The molecule has 6 nitrogen and oxygen atoms in total. The van der Waals surface area contributed by atoms with Gasteiger partial charge in [-0.05, 0) is 20.4 Å². The van der Waals surface area contributed by atoms with Gasteiger partial charge in [-0.2, -0.15) is 0 Å². The van der Waals surface area contributed by atoms with Crippen LogP contribution >= 0.6 is 0 Å². The van der Waals surface area contributed by atoms with Gasteiger partial charge < -0.3 is 10.6 Å². The minimum atomic E-state index is 0.00131. The molecule has 0 aliphatic carbocycles. The molecular formula is C13H23N5O. The Hall–Kier alpha value is -1.69. The third-order valence-corrected chi connectivity index (χ3v) is 2.72. The van der Waals surface area contributed by atoms with Crippen LogP contribution in [0, 0.1) is 6.92 Å². The summed E-state index contributed by atoms with van der Waals surface area (Å²) in [5.41, 5.74) is 0.928. The van der Waals surface area contributed by atoms with E-state index in [2.05, 4.69) is 20.6 Å². The molecule has 0 fully saturated rings. The van der Waals surface area contributed by atoms with Crippen LogP contribution in [0.15, 0.2) is 6.07 Å². The van der Waals surface area contributed by atoms with Crippen LogP contribution in [-0.4, -0.2) is 47.5 Å². The fraction of sp³-hybridized carbons (Fsp3) is 0.615. The van der Waals surface area contributed by atoms with E-state index in [9.17, 15) is 4.79 Å². The number of hydrogen-bond donors (Lipinski definition) is 2. The monoisotopic (exact) mass is 265 g/mol. The Bertz CT molecular complexity index is 421. The van der Waals surface area contributed by atoms with Crippen molar-refractivity contribution in [1.82, 2.24) is 20.2 Å². The predicted molar refractivity (Wildman–Crippen MR) is 76.0 cm³/mol. The highest BCUT2D eigenvalue weighted by molar-refractivity contribution is 5.77. The van der Waals surface area contributed by atoms with Crippen LogP contribution in [0.4, 0.5) is 5.82 Å². The van der Waals surface area contributed by atoms with Gasteiger partial charge in [-0.1, -0.05) is 6.92 Å². The zero-order valence-electron chi connectivity index (χ0n) is 12.2. The van der Waals surface area contributed by atoms with Gasteiger partial charge >= 0.3 is 0 Å². The standard InChI is InChI=1S/C13H23N5O/c1-5-15-11-7-10(3)16-12(17-11)8-18(6-2)9-13(19)14-4/h7H,5-6,8-9H2,1-4H3,(H,14,19)(H,15,16,17). The lowest BCUT2D eigenvalue weighted by atomic mass is 10.3. The average molecular weight is 265 g/mol. The first-order chi connectivity index (χ1) is 9.08. The Kier molecular flexibility index (Phi) is 6.21. The maximum atomic E-state index is 11.4. The number of amides is 1. The maximum absolute atomic E-state index is 11.4. The molecule has 1 aromatic rings. The Balaban J connectivity index is 2.75. The number of nitrogens with zero attached hydrogens (tertiary/aromatic N) is 3. The van der Waals surface area contributed by atoms with Crippen molar-refractivity contribution in [3.8, 4) is 0 Å². The molecule has 0 saturated heterocycles. The fourth-order valence-corrected chi connectivity index (χ4v) is 1.73. The Morgan fingerprint density at radius 2 is 2.11 bits per heavy atom. The van der Waals surface area contributed by atoms with Gasteiger partial charge in [-0.15, -0.1) is 0 Å². The van der Waals surface area contributed by atoms with Crippen LogP contribution in [0.1, 0.15) is 25.4 Å². The minimum Gasteiger partial charge on any atom is -0.370 e. The highest BCUT2D eigenvalue weighted by Crippen LogP contribution is 2.07. The normalized spacial score (nSPS) is 10.6. The van der Waals surface area contributed by atoms with Crippen LogP contribution in [0.2, 0.25) is 0 Å². The number of anilines is 1. The van der Waals surface area contributed by atoms with E-state index in [0.717, 1.165) is 30.4 Å². The number of likely N-dealkylation sites (N-methyl/N-ethyl adjacent to an activating group) is 2. The third kappa shape index (κ3) is 5.21. The van der Waals surface area contributed by atoms with Crippen LogP contribution < -0.4 is 10.6 Å². The molecule has 0 radical (unpaired) electrons. The molecule has 19 heavy (non-hydrogen) atoms. The summed E-state index contributed by atoms with van der Waals surface area (Å²) < 4.78 is 0. The van der Waals surface area contributed by atoms with Crippen molar-refractivity contribution >= 4 is 11.7 Å². The molecule has 0 aliphatic heterocycles. The van der Waals surface area contributed by atoms with Gasteiger partial charge in [0, 0.05) is 25.4 Å². The topological polar surface area (TPSA) is 70.2 Å². The van der Waals surface area contributed by atoms with Crippen molar-refractivity contribution in [2.45, 2.75) is 27.3 Å². The van der Waals surface area contributed by atoms with Gasteiger partial charge in [0.2, 0.25) is 5.91 Å². The summed E-state index contributed by atoms with van der Waals surface area (Å²) in [6.07, 6.45) is 0. The number of hydrogen-bond acceptors (Lipinski definition) is 5. The number of nitrogens with one attached hydrogen (secondary N) is 2. The van der Waals surface area contributed by atoms with E-state index in [0.29, 0.717) is 13.1 Å². The van der Waals surface area contributed by atoms with Crippen molar-refractivity contribution in [2.24, 2.45) is 0 Å². The van der Waals surface area contributed by atoms with Crippen LogP contribution in [0.5, 0.6) is 0 Å². The summed E-state index contributed by atoms with van der Waals surface area (Å²) in [7, 11) is 1.64. The van der Waals surface area contributed by atoms with Crippen molar-refractivity contribution in [3.05, 3.63) is 17.6 Å². The van der Waals surface area contributed by atoms with Crippen molar-refractivity contribution in [2.75, 3.05) is 32.0 Å².